The molecule has 148 valence electrons. The summed E-state index contributed by atoms with van der Waals surface area (Å²) in [5.41, 5.74) is -0.386. The first-order valence-electron chi connectivity index (χ1n) is 8.09. The maximum absolute atomic E-state index is 12.2. The fourth-order valence-electron chi connectivity index (χ4n) is 1.94. The first-order chi connectivity index (χ1) is 12.5. The number of hydrogen-bond donors (Lipinski definition) is 2. The van der Waals surface area contributed by atoms with E-state index in [9.17, 15) is 24.5 Å². The molecule has 0 aliphatic heterocycles. The molecule has 0 aliphatic rings. The average molecular weight is 382 g/mol. The molecule has 0 saturated carbocycles. The van der Waals surface area contributed by atoms with Crippen LogP contribution in [0.4, 0.5) is 10.5 Å². The largest absolute Gasteiger partial charge is 0.481 e. The lowest BCUT2D eigenvalue weighted by Crippen LogP contribution is -2.44. The van der Waals surface area contributed by atoms with Crippen LogP contribution in [0.25, 0.3) is 0 Å². The summed E-state index contributed by atoms with van der Waals surface area (Å²) in [6, 6.07) is 4.19. The van der Waals surface area contributed by atoms with Gasteiger partial charge in [-0.1, -0.05) is 0 Å². The van der Waals surface area contributed by atoms with Crippen LogP contribution >= 0.6 is 0 Å². The Bertz CT molecular complexity index is 694. The van der Waals surface area contributed by atoms with E-state index < -0.39 is 34.6 Å². The number of carbonyl (C=O) groups is 3. The Morgan fingerprint density at radius 1 is 1.22 bits per heavy atom. The number of rotatable bonds is 8. The molecule has 0 heterocycles. The van der Waals surface area contributed by atoms with Gasteiger partial charge in [-0.3, -0.25) is 14.9 Å². The van der Waals surface area contributed by atoms with Crippen LogP contribution in [0.3, 0.4) is 0 Å². The molecule has 1 rings (SSSR count). The number of benzene rings is 1. The maximum Gasteiger partial charge on any atom is 0.408 e. The van der Waals surface area contributed by atoms with E-state index in [0.717, 1.165) is 0 Å². The molecule has 0 spiro atoms. The van der Waals surface area contributed by atoms with Gasteiger partial charge in [-0.15, -0.1) is 0 Å². The second-order valence-corrected chi connectivity index (χ2v) is 6.66. The number of nitro groups is 1. The molecule has 10 nitrogen and oxygen atoms in total. The van der Waals surface area contributed by atoms with Crippen molar-refractivity contribution in [1.29, 1.82) is 0 Å². The Hall–Kier alpha value is -3.17. The predicted molar refractivity (Wildman–Crippen MR) is 92.9 cm³/mol. The van der Waals surface area contributed by atoms with Gasteiger partial charge in [0.05, 0.1) is 4.92 Å². The lowest BCUT2D eigenvalue weighted by molar-refractivity contribution is -0.384. The van der Waals surface area contributed by atoms with Crippen LogP contribution in [0.1, 0.15) is 39.2 Å². The Morgan fingerprint density at radius 2 is 1.81 bits per heavy atom. The molecular formula is C17H22N2O8. The number of esters is 1. The Balaban J connectivity index is 2.69. The summed E-state index contributed by atoms with van der Waals surface area (Å²) in [5.74, 6) is -1.96. The third-order valence-corrected chi connectivity index (χ3v) is 3.15. The molecule has 0 saturated heterocycles. The van der Waals surface area contributed by atoms with Gasteiger partial charge in [-0.2, -0.15) is 0 Å². The molecule has 0 radical (unpaired) electrons. The number of alkyl carbamates (subject to hydrolysis) is 1. The number of nitrogens with zero attached hydrogens (tertiary/aromatic N) is 1. The summed E-state index contributed by atoms with van der Waals surface area (Å²) < 4.78 is 10.1. The standard InChI is InChI=1S/C17H22N2O8/c1-17(2,3)27-16(23)18-13(8-9-14(20)21)15(22)26-10-11-4-6-12(7-5-11)19(24)25/h4-7,13H,8-10H2,1-3H3,(H,18,23)(H,20,21)/t13-/m0/s1. The number of aliphatic carboxylic acids is 1. The minimum absolute atomic E-state index is 0.101. The average Bonchev–Trinajstić information content (AvgIpc) is 2.55. The molecule has 1 atom stereocenters. The zero-order chi connectivity index (χ0) is 20.6. The summed E-state index contributed by atoms with van der Waals surface area (Å²) in [6.45, 7) is 4.75. The van der Waals surface area contributed by atoms with Crippen molar-refractivity contribution in [3.63, 3.8) is 0 Å². The van der Waals surface area contributed by atoms with E-state index in [4.69, 9.17) is 14.6 Å². The highest BCUT2D eigenvalue weighted by Crippen LogP contribution is 2.13. The van der Waals surface area contributed by atoms with Crippen LogP contribution in [0.2, 0.25) is 0 Å². The van der Waals surface area contributed by atoms with Crippen molar-refractivity contribution >= 4 is 23.7 Å². The molecule has 2 N–H and O–H groups in total. The molecule has 0 fully saturated rings. The zero-order valence-corrected chi connectivity index (χ0v) is 15.3. The number of amides is 1. The van der Waals surface area contributed by atoms with Gasteiger partial charge in [0.2, 0.25) is 0 Å². The number of hydrogen-bond acceptors (Lipinski definition) is 7. The molecule has 1 amide bonds. The third-order valence-electron chi connectivity index (χ3n) is 3.15. The molecule has 10 heteroatoms. The number of carboxylic acids is 1. The Labute approximate surface area is 155 Å². The van der Waals surface area contributed by atoms with Crippen molar-refractivity contribution in [2.24, 2.45) is 0 Å². The van der Waals surface area contributed by atoms with E-state index in [1.54, 1.807) is 20.8 Å². The van der Waals surface area contributed by atoms with Crippen molar-refractivity contribution in [3.8, 4) is 0 Å². The van der Waals surface area contributed by atoms with E-state index in [2.05, 4.69) is 5.32 Å². The predicted octanol–water partition coefficient (Wildman–Crippen LogP) is 2.40. The van der Waals surface area contributed by atoms with Gasteiger partial charge in [-0.25, -0.2) is 9.59 Å². The first kappa shape index (κ1) is 21.9. The minimum atomic E-state index is -1.20. The first-order valence-corrected chi connectivity index (χ1v) is 8.09. The number of carbonyl (C=O) groups excluding carboxylic acids is 2. The van der Waals surface area contributed by atoms with Crippen LogP contribution in [-0.2, 0) is 25.7 Å². The molecular weight excluding hydrogens is 360 g/mol. The summed E-state index contributed by atoms with van der Waals surface area (Å²) in [6.07, 6.45) is -1.40. The van der Waals surface area contributed by atoms with E-state index in [-0.39, 0.29) is 25.1 Å². The van der Waals surface area contributed by atoms with Crippen molar-refractivity contribution in [3.05, 3.63) is 39.9 Å². The third kappa shape index (κ3) is 8.66. The van der Waals surface area contributed by atoms with E-state index in [1.165, 1.54) is 24.3 Å². The molecule has 0 unspecified atom stereocenters. The maximum atomic E-state index is 12.2. The van der Waals surface area contributed by atoms with Crippen LogP contribution < -0.4 is 5.32 Å². The topological polar surface area (TPSA) is 145 Å². The lowest BCUT2D eigenvalue weighted by atomic mass is 10.1. The van der Waals surface area contributed by atoms with Gasteiger partial charge >= 0.3 is 18.0 Å². The van der Waals surface area contributed by atoms with Gasteiger partial charge in [0.1, 0.15) is 18.2 Å². The fraction of sp³-hybridized carbons (Fsp3) is 0.471. The van der Waals surface area contributed by atoms with Crippen molar-refractivity contribution in [2.75, 3.05) is 0 Å². The fourth-order valence-corrected chi connectivity index (χ4v) is 1.94. The van der Waals surface area contributed by atoms with Gasteiger partial charge in [0.25, 0.3) is 5.69 Å². The highest BCUT2D eigenvalue weighted by Gasteiger charge is 2.26. The molecule has 0 bridgehead atoms. The smallest absolute Gasteiger partial charge is 0.408 e. The van der Waals surface area contributed by atoms with E-state index in [0.29, 0.717) is 5.56 Å². The highest BCUT2D eigenvalue weighted by molar-refractivity contribution is 5.82. The Morgan fingerprint density at radius 3 is 2.30 bits per heavy atom. The second-order valence-electron chi connectivity index (χ2n) is 6.66. The number of nitrogens with one attached hydrogen (secondary N) is 1. The van der Waals surface area contributed by atoms with Gasteiger partial charge < -0.3 is 19.9 Å². The van der Waals surface area contributed by atoms with Crippen molar-refractivity contribution in [1.82, 2.24) is 5.32 Å². The summed E-state index contributed by atoms with van der Waals surface area (Å²) in [5, 5.41) is 21.7. The highest BCUT2D eigenvalue weighted by atomic mass is 16.6. The van der Waals surface area contributed by atoms with Gasteiger partial charge in [0, 0.05) is 18.6 Å². The molecule has 27 heavy (non-hydrogen) atoms. The normalized spacial score (nSPS) is 12.0. The van der Waals surface area contributed by atoms with E-state index >= 15 is 0 Å². The monoisotopic (exact) mass is 382 g/mol. The Kier molecular flexibility index (Phi) is 7.70. The van der Waals surface area contributed by atoms with Crippen LogP contribution in [0.15, 0.2) is 24.3 Å². The molecule has 1 aromatic rings. The zero-order valence-electron chi connectivity index (χ0n) is 15.3. The number of carboxylic acid groups (broad SMARTS) is 1. The lowest BCUT2D eigenvalue weighted by Gasteiger charge is -2.22. The molecule has 1 aromatic carbocycles. The van der Waals surface area contributed by atoms with Crippen LogP contribution in [0, 0.1) is 10.1 Å². The number of ether oxygens (including phenoxy) is 2. The number of nitro benzene ring substituents is 1. The second kappa shape index (κ2) is 9.51. The summed E-state index contributed by atoms with van der Waals surface area (Å²) >= 11 is 0. The summed E-state index contributed by atoms with van der Waals surface area (Å²) in [7, 11) is 0. The van der Waals surface area contributed by atoms with Gasteiger partial charge in [-0.05, 0) is 44.9 Å². The number of non-ortho nitro benzene ring substituents is 1. The quantitative estimate of drug-likeness (QED) is 0.396. The molecule has 0 aromatic heterocycles. The SMILES string of the molecule is CC(C)(C)OC(=O)N[C@@H](CCC(=O)O)C(=O)OCc1ccc([N+](=O)[O-])cc1. The van der Waals surface area contributed by atoms with Gasteiger partial charge in [0.15, 0.2) is 0 Å². The van der Waals surface area contributed by atoms with Crippen LogP contribution in [0.5, 0.6) is 0 Å². The van der Waals surface area contributed by atoms with Crippen molar-refractivity contribution < 1.29 is 33.9 Å². The summed E-state index contributed by atoms with van der Waals surface area (Å²) in [4.78, 5) is 44.9. The van der Waals surface area contributed by atoms with E-state index in [1.807, 2.05) is 0 Å². The van der Waals surface area contributed by atoms with Crippen molar-refractivity contribution in [2.45, 2.75) is 51.9 Å². The molecule has 0 aliphatic carbocycles. The minimum Gasteiger partial charge on any atom is -0.481 e. The van der Waals surface area contributed by atoms with Crippen LogP contribution in [-0.4, -0.2) is 39.7 Å².